The van der Waals surface area contributed by atoms with Crippen LogP contribution >= 0.6 is 0 Å². The van der Waals surface area contributed by atoms with Crippen molar-refractivity contribution in [2.24, 2.45) is 0 Å². The van der Waals surface area contributed by atoms with Crippen LogP contribution in [0.4, 0.5) is 0 Å². The Balaban J connectivity index is 1.76. The molecule has 1 heterocycles. The summed E-state index contributed by atoms with van der Waals surface area (Å²) >= 11 is 0. The first-order valence-electron chi connectivity index (χ1n) is 10.1. The zero-order valence-corrected chi connectivity index (χ0v) is 17.3. The Bertz CT molecular complexity index is 1130. The van der Waals surface area contributed by atoms with E-state index >= 15 is 0 Å². The molecule has 1 aliphatic rings. The van der Waals surface area contributed by atoms with Gasteiger partial charge in [-0.15, -0.1) is 0 Å². The van der Waals surface area contributed by atoms with Crippen LogP contribution in [-0.2, 0) is 16.0 Å². The van der Waals surface area contributed by atoms with E-state index in [1.54, 1.807) is 13.2 Å². The van der Waals surface area contributed by atoms with Crippen molar-refractivity contribution in [2.45, 2.75) is 44.8 Å². The number of fused-ring (bicyclic) bond motifs is 1. The smallest absolute Gasteiger partial charge is 0.303 e. The van der Waals surface area contributed by atoms with Crippen LogP contribution in [0.25, 0.3) is 10.9 Å². The van der Waals surface area contributed by atoms with Gasteiger partial charge in [0, 0.05) is 13.3 Å². The molecular weight excluding hydrogens is 382 g/mol. The fourth-order valence-electron chi connectivity index (χ4n) is 3.77. The van der Waals surface area contributed by atoms with Gasteiger partial charge in [0.25, 0.3) is 5.56 Å². The summed E-state index contributed by atoms with van der Waals surface area (Å²) in [6.45, 7) is 3.36. The van der Waals surface area contributed by atoms with Crippen LogP contribution in [0.1, 0.15) is 44.2 Å². The number of aryl methyl sites for hydroxylation is 1. The van der Waals surface area contributed by atoms with Gasteiger partial charge >= 0.3 is 5.97 Å². The molecule has 0 aliphatic heterocycles. The summed E-state index contributed by atoms with van der Waals surface area (Å²) in [6, 6.07) is 14.8. The maximum Gasteiger partial charge on any atom is 0.303 e. The van der Waals surface area contributed by atoms with E-state index in [4.69, 9.17) is 9.47 Å². The molecule has 156 valence electrons. The minimum absolute atomic E-state index is 0.153. The van der Waals surface area contributed by atoms with Crippen LogP contribution < -0.4 is 15.7 Å². The number of nitrogens with zero attached hydrogens (tertiary/aromatic N) is 2. The van der Waals surface area contributed by atoms with Gasteiger partial charge in [0.2, 0.25) is 0 Å². The van der Waals surface area contributed by atoms with Crippen LogP contribution in [0.3, 0.4) is 0 Å². The van der Waals surface area contributed by atoms with E-state index in [2.05, 4.69) is 10.4 Å². The number of para-hydroxylation sites is 1. The Hall–Kier alpha value is -3.35. The van der Waals surface area contributed by atoms with Crippen LogP contribution in [0.2, 0.25) is 0 Å². The number of hydrogen-bond donors (Lipinski definition) is 1. The van der Waals surface area contributed by atoms with Gasteiger partial charge in [0.05, 0.1) is 23.6 Å². The van der Waals surface area contributed by atoms with Gasteiger partial charge in [0.1, 0.15) is 11.6 Å². The topological polar surface area (TPSA) is 82.5 Å². The molecule has 1 aliphatic carbocycles. The zero-order chi connectivity index (χ0) is 21.3. The standard InChI is InChI=1S/C23H25N3O4/c1-4-20-24-19-8-6-5-7-18(19)22(28)26(20)25-23(13-14-23)21(30-15(2)27)16-9-11-17(29-3)12-10-16/h5-12,21,25H,4,13-14H2,1-3H3. The summed E-state index contributed by atoms with van der Waals surface area (Å²) in [5.41, 5.74) is 4.17. The van der Waals surface area contributed by atoms with Gasteiger partial charge in [-0.1, -0.05) is 31.2 Å². The molecule has 1 saturated carbocycles. The maximum absolute atomic E-state index is 13.2. The molecule has 0 spiro atoms. The highest BCUT2D eigenvalue weighted by atomic mass is 16.5. The molecule has 1 fully saturated rings. The lowest BCUT2D eigenvalue weighted by Crippen LogP contribution is -2.44. The molecule has 4 rings (SSSR count). The summed E-state index contributed by atoms with van der Waals surface area (Å²) in [6.07, 6.45) is 1.58. The highest BCUT2D eigenvalue weighted by Crippen LogP contribution is 2.49. The molecule has 7 nitrogen and oxygen atoms in total. The van der Waals surface area contributed by atoms with Crippen molar-refractivity contribution in [3.8, 4) is 5.75 Å². The Labute approximate surface area is 174 Å². The number of methoxy groups -OCH3 is 1. The van der Waals surface area contributed by atoms with Crippen molar-refractivity contribution in [1.82, 2.24) is 9.66 Å². The number of nitrogens with one attached hydrogen (secondary N) is 1. The van der Waals surface area contributed by atoms with Crippen LogP contribution in [0.15, 0.2) is 53.3 Å². The van der Waals surface area contributed by atoms with Gasteiger partial charge in [-0.05, 0) is 42.7 Å². The van der Waals surface area contributed by atoms with Gasteiger partial charge in [-0.25, -0.2) is 9.66 Å². The van der Waals surface area contributed by atoms with Gasteiger partial charge in [0.15, 0.2) is 6.10 Å². The molecule has 0 amide bonds. The lowest BCUT2D eigenvalue weighted by Gasteiger charge is -2.30. The zero-order valence-electron chi connectivity index (χ0n) is 17.3. The Kier molecular flexibility index (Phi) is 5.20. The SMILES string of the molecule is CCc1nc2ccccc2c(=O)n1NC1(C(OC(C)=O)c2ccc(OC)cc2)CC1. The minimum Gasteiger partial charge on any atom is -0.497 e. The van der Waals surface area contributed by atoms with E-state index in [9.17, 15) is 9.59 Å². The van der Waals surface area contributed by atoms with Gasteiger partial charge in [-0.3, -0.25) is 9.59 Å². The number of carbonyl (C=O) groups is 1. The highest BCUT2D eigenvalue weighted by Gasteiger charge is 2.53. The van der Waals surface area contributed by atoms with E-state index in [1.165, 1.54) is 11.6 Å². The first kappa shape index (κ1) is 19.9. The van der Waals surface area contributed by atoms with E-state index < -0.39 is 11.6 Å². The number of aromatic nitrogens is 2. The second-order valence-electron chi connectivity index (χ2n) is 7.57. The molecule has 1 N–H and O–H groups in total. The third kappa shape index (κ3) is 3.63. The van der Waals surface area contributed by atoms with Crippen LogP contribution in [-0.4, -0.2) is 28.3 Å². The molecule has 30 heavy (non-hydrogen) atoms. The number of esters is 1. The predicted octanol–water partition coefficient (Wildman–Crippen LogP) is 3.35. The van der Waals surface area contributed by atoms with Crippen molar-refractivity contribution < 1.29 is 14.3 Å². The average molecular weight is 407 g/mol. The molecule has 1 atom stereocenters. The average Bonchev–Trinajstić information content (AvgIpc) is 3.54. The largest absolute Gasteiger partial charge is 0.497 e. The Morgan fingerprint density at radius 1 is 1.20 bits per heavy atom. The lowest BCUT2D eigenvalue weighted by molar-refractivity contribution is -0.148. The number of hydrogen-bond acceptors (Lipinski definition) is 6. The first-order valence-corrected chi connectivity index (χ1v) is 10.1. The predicted molar refractivity (Wildman–Crippen MR) is 114 cm³/mol. The summed E-state index contributed by atoms with van der Waals surface area (Å²) in [7, 11) is 1.61. The first-order chi connectivity index (χ1) is 14.5. The molecule has 0 bridgehead atoms. The molecule has 3 aromatic rings. The normalized spacial score (nSPS) is 15.4. The fraction of sp³-hybridized carbons (Fsp3) is 0.348. The molecule has 0 saturated heterocycles. The Morgan fingerprint density at radius 3 is 2.50 bits per heavy atom. The van der Waals surface area contributed by atoms with Crippen molar-refractivity contribution >= 4 is 16.9 Å². The molecule has 7 heteroatoms. The van der Waals surface area contributed by atoms with Gasteiger partial charge < -0.3 is 14.9 Å². The van der Waals surface area contributed by atoms with E-state index in [0.29, 0.717) is 23.1 Å². The van der Waals surface area contributed by atoms with Crippen molar-refractivity contribution in [1.29, 1.82) is 0 Å². The molecule has 2 aromatic carbocycles. The third-order valence-electron chi connectivity index (χ3n) is 5.49. The van der Waals surface area contributed by atoms with Crippen molar-refractivity contribution in [3.05, 3.63) is 70.3 Å². The lowest BCUT2D eigenvalue weighted by atomic mass is 10.00. The summed E-state index contributed by atoms with van der Waals surface area (Å²) in [4.78, 5) is 29.8. The second kappa shape index (κ2) is 7.82. The summed E-state index contributed by atoms with van der Waals surface area (Å²) in [5, 5.41) is 0.548. The molecule has 1 unspecified atom stereocenters. The van der Waals surface area contributed by atoms with E-state index in [0.717, 1.165) is 24.2 Å². The third-order valence-corrected chi connectivity index (χ3v) is 5.49. The minimum atomic E-state index is -0.571. The van der Waals surface area contributed by atoms with Crippen molar-refractivity contribution in [3.63, 3.8) is 0 Å². The Morgan fingerprint density at radius 2 is 1.90 bits per heavy atom. The van der Waals surface area contributed by atoms with Crippen LogP contribution in [0.5, 0.6) is 5.75 Å². The fourth-order valence-corrected chi connectivity index (χ4v) is 3.77. The highest BCUT2D eigenvalue weighted by molar-refractivity contribution is 5.77. The molecular formula is C23H25N3O4. The molecule has 0 radical (unpaired) electrons. The second-order valence-corrected chi connectivity index (χ2v) is 7.57. The van der Waals surface area contributed by atoms with Crippen molar-refractivity contribution in [2.75, 3.05) is 12.5 Å². The number of benzene rings is 2. The van der Waals surface area contributed by atoms with E-state index in [1.807, 2.05) is 49.4 Å². The van der Waals surface area contributed by atoms with Crippen LogP contribution in [0, 0.1) is 0 Å². The van der Waals surface area contributed by atoms with Gasteiger partial charge in [-0.2, -0.15) is 0 Å². The summed E-state index contributed by atoms with van der Waals surface area (Å²) in [5.74, 6) is 0.992. The monoisotopic (exact) mass is 407 g/mol. The molecule has 1 aromatic heterocycles. The number of rotatable bonds is 7. The number of carbonyl (C=O) groups excluding carboxylic acids is 1. The maximum atomic E-state index is 13.2. The summed E-state index contributed by atoms with van der Waals surface area (Å²) < 4.78 is 12.5. The van der Waals surface area contributed by atoms with E-state index in [-0.39, 0.29) is 11.5 Å². The quantitative estimate of drug-likeness (QED) is 0.605. The number of ether oxygens (including phenoxy) is 2.